The van der Waals surface area contributed by atoms with Crippen molar-refractivity contribution in [2.75, 3.05) is 26.3 Å². The van der Waals surface area contributed by atoms with Crippen LogP contribution >= 0.6 is 23.6 Å². The molecular formula is C11H15NOS2. The molecule has 82 valence electrons. The molecule has 2 heterocycles. The van der Waals surface area contributed by atoms with Gasteiger partial charge in [-0.3, -0.25) is 0 Å². The van der Waals surface area contributed by atoms with Gasteiger partial charge in [-0.2, -0.15) is 0 Å². The van der Waals surface area contributed by atoms with Gasteiger partial charge in [0.1, 0.15) is 0 Å². The highest BCUT2D eigenvalue weighted by Gasteiger charge is 2.14. The van der Waals surface area contributed by atoms with Crippen LogP contribution in [0.5, 0.6) is 0 Å². The Balaban J connectivity index is 1.91. The van der Waals surface area contributed by atoms with Gasteiger partial charge >= 0.3 is 0 Å². The molecule has 1 aromatic rings. The second-order valence-corrected chi connectivity index (χ2v) is 5.53. The first-order valence-electron chi connectivity index (χ1n) is 5.16. The number of thiophene rings is 1. The molecule has 0 unspecified atom stereocenters. The lowest BCUT2D eigenvalue weighted by molar-refractivity contribution is 0.0685. The third-order valence-corrected chi connectivity index (χ3v) is 3.89. The lowest BCUT2D eigenvalue weighted by Crippen LogP contribution is -2.40. The Morgan fingerprint density at radius 2 is 2.20 bits per heavy atom. The molecule has 2 nitrogen and oxygen atoms in total. The summed E-state index contributed by atoms with van der Waals surface area (Å²) in [5.41, 5.74) is 0. The number of rotatable bonds is 2. The maximum absolute atomic E-state index is 5.44. The Morgan fingerprint density at radius 1 is 1.47 bits per heavy atom. The van der Waals surface area contributed by atoms with Crippen molar-refractivity contribution in [3.8, 4) is 0 Å². The zero-order valence-electron chi connectivity index (χ0n) is 8.86. The lowest BCUT2D eigenvalue weighted by atomic mass is 10.3. The molecule has 1 saturated heterocycles. The molecular weight excluding hydrogens is 226 g/mol. The van der Waals surface area contributed by atoms with Gasteiger partial charge in [-0.05, 0) is 19.1 Å². The van der Waals surface area contributed by atoms with Crippen LogP contribution in [-0.2, 0) is 11.2 Å². The van der Waals surface area contributed by atoms with Crippen LogP contribution < -0.4 is 0 Å². The molecule has 15 heavy (non-hydrogen) atoms. The number of nitrogens with zero attached hydrogens (tertiary/aromatic N) is 1. The Hall–Kier alpha value is -0.450. The summed E-state index contributed by atoms with van der Waals surface area (Å²) >= 11 is 7.28. The number of thiocarbonyl (C=S) groups is 1. The zero-order chi connectivity index (χ0) is 10.7. The minimum Gasteiger partial charge on any atom is -0.378 e. The minimum absolute atomic E-state index is 0.809. The maximum Gasteiger partial charge on any atom is 0.0833 e. The Morgan fingerprint density at radius 3 is 2.80 bits per heavy atom. The van der Waals surface area contributed by atoms with Crippen molar-refractivity contribution in [1.82, 2.24) is 4.90 Å². The fourth-order valence-electron chi connectivity index (χ4n) is 1.65. The largest absolute Gasteiger partial charge is 0.378 e. The number of hydrogen-bond acceptors (Lipinski definition) is 3. The van der Waals surface area contributed by atoms with Crippen molar-refractivity contribution >= 4 is 28.5 Å². The highest BCUT2D eigenvalue weighted by atomic mass is 32.1. The number of hydrogen-bond donors (Lipinski definition) is 0. The fraction of sp³-hybridized carbons (Fsp3) is 0.545. The third-order valence-electron chi connectivity index (χ3n) is 2.49. The standard InChI is InChI=1S/C11H15NOS2/c1-9-2-3-10(15-9)8-11(14)12-4-6-13-7-5-12/h2-3H,4-8H2,1H3. The van der Waals surface area contributed by atoms with Gasteiger partial charge in [-0.1, -0.05) is 12.2 Å². The smallest absolute Gasteiger partial charge is 0.0833 e. The summed E-state index contributed by atoms with van der Waals surface area (Å²) in [7, 11) is 0. The Bertz CT molecular complexity index is 342. The fourth-order valence-corrected chi connectivity index (χ4v) is 2.98. The van der Waals surface area contributed by atoms with Gasteiger partial charge in [0.25, 0.3) is 0 Å². The quantitative estimate of drug-likeness (QED) is 0.737. The van der Waals surface area contributed by atoms with E-state index >= 15 is 0 Å². The molecule has 0 bridgehead atoms. The van der Waals surface area contributed by atoms with Gasteiger partial charge in [0.2, 0.25) is 0 Å². The molecule has 0 saturated carbocycles. The molecule has 0 radical (unpaired) electrons. The maximum atomic E-state index is 5.44. The summed E-state index contributed by atoms with van der Waals surface area (Å²) in [5, 5.41) is 0. The summed E-state index contributed by atoms with van der Waals surface area (Å²) in [5.74, 6) is 0. The highest BCUT2D eigenvalue weighted by Crippen LogP contribution is 2.17. The topological polar surface area (TPSA) is 12.5 Å². The van der Waals surface area contributed by atoms with Gasteiger partial charge in [0.05, 0.1) is 18.2 Å². The van der Waals surface area contributed by atoms with E-state index in [1.807, 2.05) is 11.3 Å². The summed E-state index contributed by atoms with van der Waals surface area (Å²) in [6, 6.07) is 4.33. The lowest BCUT2D eigenvalue weighted by Gasteiger charge is -2.28. The van der Waals surface area contributed by atoms with Crippen LogP contribution in [0.1, 0.15) is 9.75 Å². The average molecular weight is 241 g/mol. The predicted molar refractivity (Wildman–Crippen MR) is 67.8 cm³/mol. The van der Waals surface area contributed by atoms with E-state index in [1.165, 1.54) is 9.75 Å². The number of ether oxygens (including phenoxy) is 1. The van der Waals surface area contributed by atoms with Gasteiger partial charge in [-0.25, -0.2) is 0 Å². The van der Waals surface area contributed by atoms with Crippen LogP contribution in [0.25, 0.3) is 0 Å². The normalized spacial score (nSPS) is 16.7. The summed E-state index contributed by atoms with van der Waals surface area (Å²) in [4.78, 5) is 6.03. The second-order valence-electron chi connectivity index (χ2n) is 3.68. The second kappa shape index (κ2) is 5.05. The molecule has 0 amide bonds. The number of morpholine rings is 1. The van der Waals surface area contributed by atoms with E-state index in [1.54, 1.807) is 0 Å². The monoisotopic (exact) mass is 241 g/mol. The van der Waals surface area contributed by atoms with Crippen molar-refractivity contribution in [1.29, 1.82) is 0 Å². The Labute approximate surface area is 99.9 Å². The molecule has 1 aliphatic rings. The third kappa shape index (κ3) is 3.00. The van der Waals surface area contributed by atoms with E-state index in [2.05, 4.69) is 24.0 Å². The van der Waals surface area contributed by atoms with Gasteiger partial charge in [0, 0.05) is 29.3 Å². The molecule has 0 N–H and O–H groups in total. The van der Waals surface area contributed by atoms with Crippen LogP contribution in [0.4, 0.5) is 0 Å². The van der Waals surface area contributed by atoms with Crippen LogP contribution in [-0.4, -0.2) is 36.2 Å². The van der Waals surface area contributed by atoms with E-state index in [0.29, 0.717) is 0 Å². The van der Waals surface area contributed by atoms with Gasteiger partial charge in [0.15, 0.2) is 0 Å². The molecule has 1 aromatic heterocycles. The average Bonchev–Trinajstić information content (AvgIpc) is 2.65. The van der Waals surface area contributed by atoms with E-state index in [4.69, 9.17) is 17.0 Å². The molecule has 0 atom stereocenters. The molecule has 2 rings (SSSR count). The van der Waals surface area contributed by atoms with Crippen molar-refractivity contribution in [3.05, 3.63) is 21.9 Å². The zero-order valence-corrected chi connectivity index (χ0v) is 10.5. The summed E-state index contributed by atoms with van der Waals surface area (Å²) < 4.78 is 5.31. The predicted octanol–water partition coefficient (Wildman–Crippen LogP) is 2.26. The molecule has 0 spiro atoms. The van der Waals surface area contributed by atoms with Crippen molar-refractivity contribution < 1.29 is 4.74 Å². The first-order chi connectivity index (χ1) is 7.25. The van der Waals surface area contributed by atoms with Crippen molar-refractivity contribution in [3.63, 3.8) is 0 Å². The molecule has 1 aliphatic heterocycles. The van der Waals surface area contributed by atoms with Crippen molar-refractivity contribution in [2.45, 2.75) is 13.3 Å². The van der Waals surface area contributed by atoms with Crippen LogP contribution in [0.3, 0.4) is 0 Å². The van der Waals surface area contributed by atoms with Gasteiger partial charge < -0.3 is 9.64 Å². The minimum atomic E-state index is 0.809. The first kappa shape index (κ1) is 11.0. The van der Waals surface area contributed by atoms with Crippen LogP contribution in [0.2, 0.25) is 0 Å². The van der Waals surface area contributed by atoms with Crippen LogP contribution in [0.15, 0.2) is 12.1 Å². The number of aryl methyl sites for hydroxylation is 1. The highest BCUT2D eigenvalue weighted by molar-refractivity contribution is 7.80. The molecule has 0 aromatic carbocycles. The summed E-state index contributed by atoms with van der Waals surface area (Å²) in [6.45, 7) is 5.64. The van der Waals surface area contributed by atoms with E-state index < -0.39 is 0 Å². The van der Waals surface area contributed by atoms with Crippen molar-refractivity contribution in [2.24, 2.45) is 0 Å². The Kier molecular flexibility index (Phi) is 3.72. The molecule has 1 fully saturated rings. The molecule has 4 heteroatoms. The summed E-state index contributed by atoms with van der Waals surface area (Å²) in [6.07, 6.45) is 0.911. The van der Waals surface area contributed by atoms with E-state index in [-0.39, 0.29) is 0 Å². The SMILES string of the molecule is Cc1ccc(CC(=S)N2CCOCC2)s1. The first-order valence-corrected chi connectivity index (χ1v) is 6.39. The van der Waals surface area contributed by atoms with E-state index in [9.17, 15) is 0 Å². The van der Waals surface area contributed by atoms with Crippen LogP contribution in [0, 0.1) is 6.92 Å². The van der Waals surface area contributed by atoms with Gasteiger partial charge in [-0.15, -0.1) is 11.3 Å². The molecule has 0 aliphatic carbocycles. The van der Waals surface area contributed by atoms with E-state index in [0.717, 1.165) is 37.7 Å².